The normalized spacial score (nSPS) is 13.3. The third kappa shape index (κ3) is 3.67. The molecule has 0 heterocycles. The van der Waals surface area contributed by atoms with Gasteiger partial charge in [0.15, 0.2) is 0 Å². The summed E-state index contributed by atoms with van der Waals surface area (Å²) in [5.74, 6) is -1.31. The summed E-state index contributed by atoms with van der Waals surface area (Å²) in [6.45, 7) is 1.26. The van der Waals surface area contributed by atoms with Crippen molar-refractivity contribution in [2.75, 3.05) is 6.54 Å². The lowest BCUT2D eigenvalue weighted by Gasteiger charge is -2.09. The van der Waals surface area contributed by atoms with E-state index in [2.05, 4.69) is 4.72 Å². The molecule has 0 fully saturated rings. The summed E-state index contributed by atoms with van der Waals surface area (Å²) < 4.78 is 25.7. The van der Waals surface area contributed by atoms with Crippen LogP contribution in [0.3, 0.4) is 0 Å². The Bertz CT molecular complexity index is 555. The van der Waals surface area contributed by atoms with E-state index in [9.17, 15) is 13.2 Å². The van der Waals surface area contributed by atoms with E-state index in [0.717, 1.165) is 6.07 Å². The van der Waals surface area contributed by atoms with E-state index in [1.54, 1.807) is 0 Å². The van der Waals surface area contributed by atoms with Gasteiger partial charge in [0, 0.05) is 6.54 Å². The molecule has 6 nitrogen and oxygen atoms in total. The van der Waals surface area contributed by atoms with E-state index < -0.39 is 22.1 Å². The zero-order valence-corrected chi connectivity index (χ0v) is 11.0. The molecule has 0 unspecified atom stereocenters. The van der Waals surface area contributed by atoms with Crippen molar-refractivity contribution in [1.29, 1.82) is 0 Å². The predicted octanol–water partition coefficient (Wildman–Crippen LogP) is 0.697. The van der Waals surface area contributed by atoms with Crippen LogP contribution in [0.5, 0.6) is 0 Å². The van der Waals surface area contributed by atoms with Crippen LogP contribution in [0.4, 0.5) is 0 Å². The Morgan fingerprint density at radius 2 is 2.11 bits per heavy atom. The van der Waals surface area contributed by atoms with E-state index in [1.165, 1.54) is 19.1 Å². The first-order chi connectivity index (χ1) is 8.24. The maximum absolute atomic E-state index is 11.8. The van der Waals surface area contributed by atoms with E-state index in [0.29, 0.717) is 0 Å². The largest absolute Gasteiger partial charge is 0.478 e. The third-order valence-electron chi connectivity index (χ3n) is 2.05. The molecule has 0 aliphatic carbocycles. The van der Waals surface area contributed by atoms with Crippen molar-refractivity contribution in [2.24, 2.45) is 0 Å². The SMILES string of the molecule is C[C@H](O)CNS(=O)(=O)c1ccc(Cl)c(C(=O)O)c1. The molecule has 3 N–H and O–H groups in total. The quantitative estimate of drug-likeness (QED) is 0.741. The molecule has 0 saturated heterocycles. The molecule has 100 valence electrons. The van der Waals surface area contributed by atoms with Crippen LogP contribution in [0.2, 0.25) is 5.02 Å². The summed E-state index contributed by atoms with van der Waals surface area (Å²) in [7, 11) is -3.86. The number of aliphatic hydroxyl groups is 1. The summed E-state index contributed by atoms with van der Waals surface area (Å²) in [5, 5.41) is 17.8. The highest BCUT2D eigenvalue weighted by Crippen LogP contribution is 2.20. The van der Waals surface area contributed by atoms with Gasteiger partial charge in [0.1, 0.15) is 0 Å². The molecule has 0 aliphatic heterocycles. The number of rotatable bonds is 5. The first-order valence-electron chi connectivity index (χ1n) is 4.94. The van der Waals surface area contributed by atoms with Crippen molar-refractivity contribution in [3.63, 3.8) is 0 Å². The van der Waals surface area contributed by atoms with Gasteiger partial charge in [0.25, 0.3) is 0 Å². The minimum absolute atomic E-state index is 0.0445. The van der Waals surface area contributed by atoms with Gasteiger partial charge < -0.3 is 10.2 Å². The van der Waals surface area contributed by atoms with Crippen molar-refractivity contribution < 1.29 is 23.4 Å². The minimum Gasteiger partial charge on any atom is -0.478 e. The molecule has 0 bridgehead atoms. The number of halogens is 1. The predicted molar refractivity (Wildman–Crippen MR) is 65.3 cm³/mol. The molecule has 8 heteroatoms. The van der Waals surface area contributed by atoms with Crippen LogP contribution >= 0.6 is 11.6 Å². The number of hydrogen-bond donors (Lipinski definition) is 3. The Kier molecular flexibility index (Phi) is 4.69. The molecule has 1 aromatic carbocycles. The van der Waals surface area contributed by atoms with Gasteiger partial charge in [-0.1, -0.05) is 11.6 Å². The minimum atomic E-state index is -3.86. The average Bonchev–Trinajstić information content (AvgIpc) is 2.26. The molecular weight excluding hydrogens is 282 g/mol. The fourth-order valence-electron chi connectivity index (χ4n) is 1.15. The molecule has 1 rings (SSSR count). The Hall–Kier alpha value is -1.15. The van der Waals surface area contributed by atoms with Gasteiger partial charge in [0.2, 0.25) is 10.0 Å². The summed E-state index contributed by atoms with van der Waals surface area (Å²) in [6.07, 6.45) is -0.842. The molecule has 0 aliphatic rings. The molecule has 0 aromatic heterocycles. The first-order valence-corrected chi connectivity index (χ1v) is 6.80. The molecular formula is C10H12ClNO5S. The molecule has 1 aromatic rings. The second kappa shape index (κ2) is 5.66. The summed E-state index contributed by atoms with van der Waals surface area (Å²) in [5.41, 5.74) is -0.295. The van der Waals surface area contributed by atoms with E-state index in [4.69, 9.17) is 21.8 Å². The van der Waals surface area contributed by atoms with E-state index >= 15 is 0 Å². The van der Waals surface area contributed by atoms with Crippen molar-refractivity contribution in [3.8, 4) is 0 Å². The molecule has 0 amide bonds. The third-order valence-corrected chi connectivity index (χ3v) is 3.80. The lowest BCUT2D eigenvalue weighted by atomic mass is 10.2. The van der Waals surface area contributed by atoms with Crippen LogP contribution in [0.1, 0.15) is 17.3 Å². The number of carboxylic acid groups (broad SMARTS) is 1. The van der Waals surface area contributed by atoms with E-state index in [-0.39, 0.29) is 22.0 Å². The highest BCUT2D eigenvalue weighted by molar-refractivity contribution is 7.89. The number of hydrogen-bond acceptors (Lipinski definition) is 4. The van der Waals surface area contributed by atoms with Crippen LogP contribution in [0.15, 0.2) is 23.1 Å². The number of aromatic carboxylic acids is 1. The first kappa shape index (κ1) is 14.9. The van der Waals surface area contributed by atoms with Crippen LogP contribution in [-0.4, -0.2) is 37.2 Å². The standard InChI is InChI=1S/C10H12ClNO5S/c1-6(13)5-12-18(16,17)7-2-3-9(11)8(4-7)10(14)15/h2-4,6,12-13H,5H2,1H3,(H,14,15)/t6-/m0/s1. The molecule has 0 saturated carbocycles. The molecule has 0 spiro atoms. The lowest BCUT2D eigenvalue weighted by molar-refractivity contribution is 0.0697. The highest BCUT2D eigenvalue weighted by atomic mass is 35.5. The maximum Gasteiger partial charge on any atom is 0.337 e. The van der Waals surface area contributed by atoms with Gasteiger partial charge in [0.05, 0.1) is 21.6 Å². The second-order valence-corrected chi connectivity index (χ2v) is 5.82. The molecule has 0 radical (unpaired) electrons. The highest BCUT2D eigenvalue weighted by Gasteiger charge is 2.18. The zero-order chi connectivity index (χ0) is 13.9. The second-order valence-electron chi connectivity index (χ2n) is 3.65. The Labute approximate surface area is 109 Å². The number of carbonyl (C=O) groups is 1. The van der Waals surface area contributed by atoms with Crippen molar-refractivity contribution in [3.05, 3.63) is 28.8 Å². The maximum atomic E-state index is 11.8. The number of carboxylic acids is 1. The van der Waals surface area contributed by atoms with Gasteiger partial charge in [-0.25, -0.2) is 17.9 Å². The van der Waals surface area contributed by atoms with Crippen molar-refractivity contribution >= 4 is 27.6 Å². The Balaban J connectivity index is 3.10. The summed E-state index contributed by atoms with van der Waals surface area (Å²) in [4.78, 5) is 10.6. The van der Waals surface area contributed by atoms with Crippen LogP contribution < -0.4 is 4.72 Å². The topological polar surface area (TPSA) is 104 Å². The lowest BCUT2D eigenvalue weighted by Crippen LogP contribution is -2.30. The molecule has 18 heavy (non-hydrogen) atoms. The van der Waals surface area contributed by atoms with Gasteiger partial charge in [-0.15, -0.1) is 0 Å². The van der Waals surface area contributed by atoms with Gasteiger partial charge in [-0.05, 0) is 25.1 Å². The Morgan fingerprint density at radius 3 is 2.61 bits per heavy atom. The monoisotopic (exact) mass is 293 g/mol. The number of sulfonamides is 1. The average molecular weight is 294 g/mol. The zero-order valence-electron chi connectivity index (χ0n) is 9.42. The smallest absolute Gasteiger partial charge is 0.337 e. The van der Waals surface area contributed by atoms with Gasteiger partial charge >= 0.3 is 5.97 Å². The molecule has 1 atom stereocenters. The van der Waals surface area contributed by atoms with Gasteiger partial charge in [-0.2, -0.15) is 0 Å². The van der Waals surface area contributed by atoms with Crippen molar-refractivity contribution in [2.45, 2.75) is 17.9 Å². The van der Waals surface area contributed by atoms with Crippen LogP contribution in [0, 0.1) is 0 Å². The van der Waals surface area contributed by atoms with Crippen molar-refractivity contribution in [1.82, 2.24) is 4.72 Å². The van der Waals surface area contributed by atoms with Crippen LogP contribution in [-0.2, 0) is 10.0 Å². The summed E-state index contributed by atoms with van der Waals surface area (Å²) in [6, 6.07) is 3.36. The number of aliphatic hydroxyl groups excluding tert-OH is 1. The summed E-state index contributed by atoms with van der Waals surface area (Å²) >= 11 is 5.63. The van der Waals surface area contributed by atoms with Crippen LogP contribution in [0.25, 0.3) is 0 Å². The fraction of sp³-hybridized carbons (Fsp3) is 0.300. The number of nitrogens with one attached hydrogen (secondary N) is 1. The van der Waals surface area contributed by atoms with Gasteiger partial charge in [-0.3, -0.25) is 0 Å². The van der Waals surface area contributed by atoms with E-state index in [1.807, 2.05) is 0 Å². The fourth-order valence-corrected chi connectivity index (χ4v) is 2.49. The number of benzene rings is 1. The Morgan fingerprint density at radius 1 is 1.50 bits per heavy atom.